The summed E-state index contributed by atoms with van der Waals surface area (Å²) in [6.45, 7) is 0. The second-order valence-corrected chi connectivity index (χ2v) is 2.36. The van der Waals surface area contributed by atoms with E-state index < -0.39 is 6.18 Å². The quantitative estimate of drug-likeness (QED) is 0.499. The van der Waals surface area contributed by atoms with Crippen molar-refractivity contribution in [1.82, 2.24) is 0 Å². The predicted molar refractivity (Wildman–Crippen MR) is 32.1 cm³/mol. The lowest BCUT2D eigenvalue weighted by Crippen LogP contribution is -2.00. The van der Waals surface area contributed by atoms with E-state index in [1.807, 2.05) is 0 Å². The van der Waals surface area contributed by atoms with Crippen molar-refractivity contribution < 1.29 is 13.2 Å². The third-order valence-electron chi connectivity index (χ3n) is 0.293. The lowest BCUT2D eigenvalue weighted by atomic mass is 10.6. The molecule has 0 radical (unpaired) electrons. The molecule has 0 aromatic rings. The van der Waals surface area contributed by atoms with Crippen molar-refractivity contribution in [2.75, 3.05) is 0 Å². The number of hydrogen-bond acceptors (Lipinski definition) is 2. The molecule has 5 heteroatoms. The van der Waals surface area contributed by atoms with Gasteiger partial charge in [0.25, 0.3) is 0 Å². The maximum atomic E-state index is 11.1. The predicted octanol–water partition coefficient (Wildman–Crippen LogP) is 2.25. The molecule has 0 N–H and O–H groups in total. The molecule has 48 valence electrons. The molecule has 0 bridgehead atoms. The zero-order chi connectivity index (χ0) is 6.78. The molecule has 0 nitrogen and oxygen atoms in total. The van der Waals surface area contributed by atoms with E-state index in [1.165, 1.54) is 0 Å². The zero-order valence-electron chi connectivity index (χ0n) is 3.61. The molecule has 0 atom stereocenters. The standard InChI is InChI=1S/C3H3F3S2/c4-3(5,6)1-2(7)8/h1,7-8H. The second kappa shape index (κ2) is 2.68. The first-order valence-electron chi connectivity index (χ1n) is 1.59. The lowest BCUT2D eigenvalue weighted by molar-refractivity contribution is -0.0797. The van der Waals surface area contributed by atoms with Crippen molar-refractivity contribution >= 4 is 25.3 Å². The molecule has 0 aromatic heterocycles. The summed E-state index contributed by atoms with van der Waals surface area (Å²) in [5, 5.41) is 0. The summed E-state index contributed by atoms with van der Waals surface area (Å²) in [6.07, 6.45) is -4.29. The molecule has 0 aliphatic carbocycles. The van der Waals surface area contributed by atoms with Crippen LogP contribution in [-0.2, 0) is 0 Å². The molecule has 0 aliphatic rings. The second-order valence-electron chi connectivity index (χ2n) is 1.04. The van der Waals surface area contributed by atoms with E-state index in [0.29, 0.717) is 0 Å². The fraction of sp³-hybridized carbons (Fsp3) is 0.333. The third kappa shape index (κ3) is 6.23. The normalized spacial score (nSPS) is 11.1. The number of thiol groups is 2. The first kappa shape index (κ1) is 8.23. The molecular weight excluding hydrogens is 157 g/mol. The molecule has 0 heterocycles. The maximum absolute atomic E-state index is 11.1. The van der Waals surface area contributed by atoms with Gasteiger partial charge < -0.3 is 0 Å². The van der Waals surface area contributed by atoms with Crippen molar-refractivity contribution in [1.29, 1.82) is 0 Å². The van der Waals surface area contributed by atoms with Crippen LogP contribution in [0.1, 0.15) is 0 Å². The first-order valence-corrected chi connectivity index (χ1v) is 2.49. The highest BCUT2D eigenvalue weighted by Crippen LogP contribution is 2.21. The Hall–Kier alpha value is 0.230. The third-order valence-corrected chi connectivity index (χ3v) is 0.551. The van der Waals surface area contributed by atoms with E-state index in [1.54, 1.807) is 0 Å². The number of alkyl halides is 3. The summed E-state index contributed by atoms with van der Waals surface area (Å²) in [5.74, 6) is 0. The molecule has 0 fully saturated rings. The average Bonchev–Trinajstić information content (AvgIpc) is 1.21. The van der Waals surface area contributed by atoms with Gasteiger partial charge in [-0.3, -0.25) is 0 Å². The van der Waals surface area contributed by atoms with Crippen LogP contribution in [0.2, 0.25) is 0 Å². The van der Waals surface area contributed by atoms with Gasteiger partial charge in [-0.15, -0.1) is 25.3 Å². The minimum absolute atomic E-state index is 0.000772. The van der Waals surface area contributed by atoms with Gasteiger partial charge in [-0.2, -0.15) is 13.2 Å². The molecule has 0 saturated carbocycles. The summed E-state index contributed by atoms with van der Waals surface area (Å²) in [4.78, 5) is 0. The zero-order valence-corrected chi connectivity index (χ0v) is 5.39. The number of rotatable bonds is 0. The molecule has 0 spiro atoms. The largest absolute Gasteiger partial charge is 0.411 e. The molecule has 0 aromatic carbocycles. The van der Waals surface area contributed by atoms with Crippen LogP contribution in [0, 0.1) is 0 Å². The van der Waals surface area contributed by atoms with Gasteiger partial charge in [-0.1, -0.05) is 0 Å². The van der Waals surface area contributed by atoms with Gasteiger partial charge in [-0.05, 0) is 0 Å². The van der Waals surface area contributed by atoms with Crippen LogP contribution in [0.25, 0.3) is 0 Å². The first-order chi connectivity index (χ1) is 3.42. The Labute approximate surface area is 55.6 Å². The highest BCUT2D eigenvalue weighted by molar-refractivity contribution is 8.05. The summed E-state index contributed by atoms with van der Waals surface area (Å²) in [6, 6.07) is 0. The summed E-state index contributed by atoms with van der Waals surface area (Å²) in [7, 11) is 0. The van der Waals surface area contributed by atoms with E-state index in [4.69, 9.17) is 0 Å². The average molecular weight is 160 g/mol. The summed E-state index contributed by atoms with van der Waals surface area (Å²) < 4.78 is 33.1. The molecule has 8 heavy (non-hydrogen) atoms. The smallest absolute Gasteiger partial charge is 0.167 e. The van der Waals surface area contributed by atoms with Crippen molar-refractivity contribution in [3.05, 3.63) is 10.3 Å². The SMILES string of the molecule is FC(F)(F)C=C(S)S. The Morgan fingerprint density at radius 3 is 1.62 bits per heavy atom. The van der Waals surface area contributed by atoms with Crippen LogP contribution in [-0.4, -0.2) is 6.18 Å². The maximum Gasteiger partial charge on any atom is 0.411 e. The van der Waals surface area contributed by atoms with Crippen molar-refractivity contribution in [2.24, 2.45) is 0 Å². The van der Waals surface area contributed by atoms with Gasteiger partial charge in [0.05, 0.1) is 0 Å². The van der Waals surface area contributed by atoms with Crippen LogP contribution < -0.4 is 0 Å². The highest BCUT2D eigenvalue weighted by atomic mass is 32.2. The van der Waals surface area contributed by atoms with Crippen LogP contribution in [0.5, 0.6) is 0 Å². The monoisotopic (exact) mass is 160 g/mol. The Balaban J connectivity index is 3.89. The van der Waals surface area contributed by atoms with Crippen molar-refractivity contribution in [2.45, 2.75) is 6.18 Å². The molecule has 0 saturated heterocycles. The van der Waals surface area contributed by atoms with Crippen molar-refractivity contribution in [3.8, 4) is 0 Å². The molecular formula is C3H3F3S2. The summed E-state index contributed by atoms with van der Waals surface area (Å²) >= 11 is 6.59. The van der Waals surface area contributed by atoms with Crippen LogP contribution in [0.3, 0.4) is 0 Å². The van der Waals surface area contributed by atoms with Crippen molar-refractivity contribution in [3.63, 3.8) is 0 Å². The Bertz CT molecular complexity index is 99.6. The van der Waals surface area contributed by atoms with E-state index >= 15 is 0 Å². The van der Waals surface area contributed by atoms with Gasteiger partial charge in [-0.25, -0.2) is 0 Å². The van der Waals surface area contributed by atoms with Crippen LogP contribution in [0.15, 0.2) is 10.3 Å². The Morgan fingerprint density at radius 1 is 1.25 bits per heavy atom. The Kier molecular flexibility index (Phi) is 2.76. The van der Waals surface area contributed by atoms with E-state index in [9.17, 15) is 13.2 Å². The highest BCUT2D eigenvalue weighted by Gasteiger charge is 2.22. The van der Waals surface area contributed by atoms with E-state index in [0.717, 1.165) is 0 Å². The van der Waals surface area contributed by atoms with Gasteiger partial charge >= 0.3 is 6.18 Å². The lowest BCUT2D eigenvalue weighted by Gasteiger charge is -1.96. The molecule has 0 aliphatic heterocycles. The summed E-state index contributed by atoms with van der Waals surface area (Å²) in [5.41, 5.74) is 0. The van der Waals surface area contributed by atoms with E-state index in [2.05, 4.69) is 25.3 Å². The molecule has 0 unspecified atom stereocenters. The minimum Gasteiger partial charge on any atom is -0.167 e. The van der Waals surface area contributed by atoms with Gasteiger partial charge in [0.2, 0.25) is 0 Å². The number of allylic oxidation sites excluding steroid dienone is 1. The Morgan fingerprint density at radius 2 is 1.62 bits per heavy atom. The van der Waals surface area contributed by atoms with E-state index in [-0.39, 0.29) is 10.3 Å². The fourth-order valence-electron chi connectivity index (χ4n) is 0.146. The minimum atomic E-state index is -4.29. The molecule has 0 amide bonds. The fourth-order valence-corrected chi connectivity index (χ4v) is 0.439. The van der Waals surface area contributed by atoms with Gasteiger partial charge in [0, 0.05) is 10.3 Å². The topological polar surface area (TPSA) is 0 Å². The van der Waals surface area contributed by atoms with Gasteiger partial charge in [0.1, 0.15) is 0 Å². The molecule has 0 rings (SSSR count). The number of hydrogen-bond donors (Lipinski definition) is 2. The van der Waals surface area contributed by atoms with Crippen LogP contribution >= 0.6 is 25.3 Å². The number of halogens is 3. The van der Waals surface area contributed by atoms with Gasteiger partial charge in [0.15, 0.2) is 0 Å². The van der Waals surface area contributed by atoms with Crippen LogP contribution in [0.4, 0.5) is 13.2 Å².